The fourth-order valence-electron chi connectivity index (χ4n) is 1.49. The Morgan fingerprint density at radius 2 is 1.60 bits per heavy atom. The van der Waals surface area contributed by atoms with E-state index in [1.165, 1.54) is 24.1 Å². The smallest absolute Gasteiger partial charge is 0.0340 e. The van der Waals surface area contributed by atoms with Crippen molar-refractivity contribution in [2.45, 2.75) is 40.5 Å². The summed E-state index contributed by atoms with van der Waals surface area (Å²) in [6.45, 7) is 10.0. The minimum absolute atomic E-state index is 0.422. The molecular formula is C14H23N. The van der Waals surface area contributed by atoms with Crippen LogP contribution in [0.25, 0.3) is 0 Å². The van der Waals surface area contributed by atoms with Crippen LogP contribution in [0.1, 0.15) is 39.2 Å². The summed E-state index contributed by atoms with van der Waals surface area (Å²) in [4.78, 5) is 0. The van der Waals surface area contributed by atoms with Crippen LogP contribution in [-0.4, -0.2) is 6.54 Å². The van der Waals surface area contributed by atoms with E-state index in [2.05, 4.69) is 57.3 Å². The van der Waals surface area contributed by atoms with E-state index in [1.807, 2.05) is 0 Å². The topological polar surface area (TPSA) is 12.0 Å². The van der Waals surface area contributed by atoms with Gasteiger partial charge in [-0.2, -0.15) is 0 Å². The van der Waals surface area contributed by atoms with Gasteiger partial charge in [-0.3, -0.25) is 0 Å². The Labute approximate surface area is 93.9 Å². The molecule has 0 amide bonds. The molecule has 1 N–H and O–H groups in total. The number of hydrogen-bond donors (Lipinski definition) is 1. The summed E-state index contributed by atoms with van der Waals surface area (Å²) in [6.07, 6.45) is 2.45. The van der Waals surface area contributed by atoms with E-state index in [0.29, 0.717) is 5.41 Å². The largest absolute Gasteiger partial charge is 0.384 e. The van der Waals surface area contributed by atoms with Gasteiger partial charge in [-0.25, -0.2) is 0 Å². The van der Waals surface area contributed by atoms with Crippen LogP contribution < -0.4 is 5.32 Å². The molecule has 0 saturated carbocycles. The summed E-state index contributed by atoms with van der Waals surface area (Å²) in [6, 6.07) is 8.61. The van der Waals surface area contributed by atoms with E-state index in [9.17, 15) is 0 Å². The predicted octanol–water partition coefficient (Wildman–Crippen LogP) is 4.23. The number of nitrogens with one attached hydrogen (secondary N) is 1. The Morgan fingerprint density at radius 1 is 1.07 bits per heavy atom. The van der Waals surface area contributed by atoms with Crippen LogP contribution in [0.3, 0.4) is 0 Å². The van der Waals surface area contributed by atoms with E-state index in [1.54, 1.807) is 0 Å². The normalized spacial score (nSPS) is 11.5. The molecule has 1 aromatic rings. The molecule has 15 heavy (non-hydrogen) atoms. The molecule has 1 aromatic carbocycles. The van der Waals surface area contributed by atoms with Gasteiger partial charge in [-0.15, -0.1) is 0 Å². The second kappa shape index (κ2) is 5.20. The average Bonchev–Trinajstić information content (AvgIpc) is 2.28. The highest BCUT2D eigenvalue weighted by Gasteiger charge is 2.18. The van der Waals surface area contributed by atoms with Gasteiger partial charge in [0.1, 0.15) is 0 Å². The lowest BCUT2D eigenvalue weighted by atomic mass is 9.85. The molecule has 0 atom stereocenters. The van der Waals surface area contributed by atoms with E-state index in [-0.39, 0.29) is 0 Å². The molecule has 1 heteroatoms. The van der Waals surface area contributed by atoms with Crippen molar-refractivity contribution in [1.29, 1.82) is 0 Å². The van der Waals surface area contributed by atoms with Gasteiger partial charge in [0.15, 0.2) is 0 Å². The van der Waals surface area contributed by atoms with Crippen LogP contribution in [0, 0.1) is 12.3 Å². The number of benzene rings is 1. The second-order valence-corrected chi connectivity index (χ2v) is 4.74. The van der Waals surface area contributed by atoms with E-state index >= 15 is 0 Å². The first-order valence-electron chi connectivity index (χ1n) is 5.90. The van der Waals surface area contributed by atoms with Gasteiger partial charge in [0.25, 0.3) is 0 Å². The maximum absolute atomic E-state index is 3.51. The van der Waals surface area contributed by atoms with Crippen molar-refractivity contribution in [2.75, 3.05) is 11.9 Å². The van der Waals surface area contributed by atoms with Crippen LogP contribution >= 0.6 is 0 Å². The highest BCUT2D eigenvalue weighted by Crippen LogP contribution is 2.25. The van der Waals surface area contributed by atoms with Gasteiger partial charge in [0.05, 0.1) is 0 Å². The first kappa shape index (κ1) is 12.1. The molecule has 0 aromatic heterocycles. The zero-order valence-electron chi connectivity index (χ0n) is 10.4. The third kappa shape index (κ3) is 3.58. The molecular weight excluding hydrogens is 182 g/mol. The first-order chi connectivity index (χ1) is 7.09. The Hall–Kier alpha value is -0.980. The van der Waals surface area contributed by atoms with Gasteiger partial charge in [0.2, 0.25) is 0 Å². The lowest BCUT2D eigenvalue weighted by Crippen LogP contribution is -2.24. The van der Waals surface area contributed by atoms with Crippen molar-refractivity contribution in [2.24, 2.45) is 5.41 Å². The lowest BCUT2D eigenvalue weighted by molar-refractivity contribution is 0.321. The zero-order valence-corrected chi connectivity index (χ0v) is 10.4. The van der Waals surface area contributed by atoms with Gasteiger partial charge in [-0.1, -0.05) is 38.5 Å². The van der Waals surface area contributed by atoms with Gasteiger partial charge in [0, 0.05) is 12.2 Å². The molecule has 0 bridgehead atoms. The molecule has 0 saturated heterocycles. The fraction of sp³-hybridized carbons (Fsp3) is 0.571. The van der Waals surface area contributed by atoms with Crippen molar-refractivity contribution in [3.63, 3.8) is 0 Å². The Bertz CT molecular complexity index is 283. The average molecular weight is 205 g/mol. The Morgan fingerprint density at radius 3 is 2.07 bits per heavy atom. The third-order valence-corrected chi connectivity index (χ3v) is 3.48. The molecule has 0 aliphatic heterocycles. The summed E-state index contributed by atoms with van der Waals surface area (Å²) in [7, 11) is 0. The number of hydrogen-bond acceptors (Lipinski definition) is 1. The van der Waals surface area contributed by atoms with Crippen molar-refractivity contribution in [1.82, 2.24) is 0 Å². The highest BCUT2D eigenvalue weighted by molar-refractivity contribution is 5.44. The lowest BCUT2D eigenvalue weighted by Gasteiger charge is -2.27. The van der Waals surface area contributed by atoms with Gasteiger partial charge < -0.3 is 5.32 Å². The molecule has 0 fully saturated rings. The van der Waals surface area contributed by atoms with Crippen LogP contribution in [0.2, 0.25) is 0 Å². The Balaban J connectivity index is 2.53. The van der Waals surface area contributed by atoms with Crippen LogP contribution in [-0.2, 0) is 0 Å². The number of aryl methyl sites for hydroxylation is 1. The summed E-state index contributed by atoms with van der Waals surface area (Å²) in [5, 5.41) is 3.51. The van der Waals surface area contributed by atoms with E-state index in [0.717, 1.165) is 6.54 Å². The zero-order chi connectivity index (χ0) is 11.3. The molecule has 0 unspecified atom stereocenters. The second-order valence-electron chi connectivity index (χ2n) is 4.74. The predicted molar refractivity (Wildman–Crippen MR) is 68.4 cm³/mol. The maximum Gasteiger partial charge on any atom is 0.0340 e. The minimum Gasteiger partial charge on any atom is -0.384 e. The minimum atomic E-state index is 0.422. The molecule has 1 rings (SSSR count). The van der Waals surface area contributed by atoms with Crippen molar-refractivity contribution in [3.8, 4) is 0 Å². The molecule has 0 radical (unpaired) electrons. The number of anilines is 1. The Kier molecular flexibility index (Phi) is 4.19. The van der Waals surface area contributed by atoms with Crippen molar-refractivity contribution in [3.05, 3.63) is 29.8 Å². The molecule has 0 aliphatic carbocycles. The van der Waals surface area contributed by atoms with Gasteiger partial charge in [-0.05, 0) is 37.3 Å². The summed E-state index contributed by atoms with van der Waals surface area (Å²) >= 11 is 0. The van der Waals surface area contributed by atoms with Crippen LogP contribution in [0.15, 0.2) is 24.3 Å². The first-order valence-corrected chi connectivity index (χ1v) is 5.90. The quantitative estimate of drug-likeness (QED) is 0.758. The summed E-state index contributed by atoms with van der Waals surface area (Å²) in [5.41, 5.74) is 2.97. The summed E-state index contributed by atoms with van der Waals surface area (Å²) < 4.78 is 0. The van der Waals surface area contributed by atoms with Crippen LogP contribution in [0.5, 0.6) is 0 Å². The highest BCUT2D eigenvalue weighted by atomic mass is 14.9. The monoisotopic (exact) mass is 205 g/mol. The third-order valence-electron chi connectivity index (χ3n) is 3.48. The van der Waals surface area contributed by atoms with Gasteiger partial charge >= 0.3 is 0 Å². The van der Waals surface area contributed by atoms with Crippen molar-refractivity contribution < 1.29 is 0 Å². The molecule has 0 aliphatic rings. The number of rotatable bonds is 5. The molecule has 0 spiro atoms. The standard InChI is InChI=1S/C14H23N/c1-5-14(4,6-2)11-15-13-9-7-12(3)8-10-13/h7-10,15H,5-6,11H2,1-4H3. The SMILES string of the molecule is CCC(C)(CC)CNc1ccc(C)cc1. The molecule has 0 heterocycles. The summed E-state index contributed by atoms with van der Waals surface area (Å²) in [5.74, 6) is 0. The maximum atomic E-state index is 3.51. The van der Waals surface area contributed by atoms with E-state index in [4.69, 9.17) is 0 Å². The van der Waals surface area contributed by atoms with E-state index < -0.39 is 0 Å². The van der Waals surface area contributed by atoms with Crippen molar-refractivity contribution >= 4 is 5.69 Å². The fourth-order valence-corrected chi connectivity index (χ4v) is 1.49. The van der Waals surface area contributed by atoms with Crippen LogP contribution in [0.4, 0.5) is 5.69 Å². The molecule has 1 nitrogen and oxygen atoms in total. The molecule has 84 valence electrons.